The second kappa shape index (κ2) is 9.54. The van der Waals surface area contributed by atoms with Gasteiger partial charge in [0.05, 0.1) is 25.4 Å². The minimum absolute atomic E-state index is 0.00683. The highest BCUT2D eigenvalue weighted by Gasteiger charge is 2.37. The number of piperidine rings is 1. The van der Waals surface area contributed by atoms with Gasteiger partial charge in [-0.3, -0.25) is 9.69 Å². The SMILES string of the molecule is NCC(=O)NCN1CCC(O)CC1c1nc(Oc2cccc(F)c2)cc(C(F)(F)F)n1. The van der Waals surface area contributed by atoms with Crippen molar-refractivity contribution in [3.05, 3.63) is 47.7 Å². The first kappa shape index (κ1) is 22.8. The molecule has 0 bridgehead atoms. The second-order valence-electron chi connectivity index (χ2n) is 6.98. The predicted octanol–water partition coefficient (Wildman–Crippen LogP) is 1.96. The molecule has 0 spiro atoms. The molecule has 3 rings (SSSR count). The Hall–Kier alpha value is -2.83. The third-order valence-electron chi connectivity index (χ3n) is 4.68. The number of aliphatic hydroxyl groups excluding tert-OH is 1. The first-order valence-corrected chi connectivity index (χ1v) is 9.44. The van der Waals surface area contributed by atoms with Crippen molar-refractivity contribution in [1.29, 1.82) is 0 Å². The summed E-state index contributed by atoms with van der Waals surface area (Å²) in [5.41, 5.74) is 4.02. The lowest BCUT2D eigenvalue weighted by Gasteiger charge is -2.37. The normalized spacial score (nSPS) is 19.8. The maximum Gasteiger partial charge on any atom is 0.433 e. The van der Waals surface area contributed by atoms with Crippen LogP contribution in [0.3, 0.4) is 0 Å². The summed E-state index contributed by atoms with van der Waals surface area (Å²) in [7, 11) is 0. The van der Waals surface area contributed by atoms with Crippen molar-refractivity contribution in [3.8, 4) is 11.6 Å². The molecule has 0 radical (unpaired) electrons. The van der Waals surface area contributed by atoms with Gasteiger partial charge in [-0.1, -0.05) is 6.07 Å². The molecule has 1 aliphatic rings. The number of nitrogens with two attached hydrogens (primary N) is 1. The number of hydrogen-bond donors (Lipinski definition) is 3. The van der Waals surface area contributed by atoms with E-state index in [4.69, 9.17) is 10.5 Å². The van der Waals surface area contributed by atoms with E-state index < -0.39 is 41.6 Å². The van der Waals surface area contributed by atoms with Crippen LogP contribution >= 0.6 is 0 Å². The van der Waals surface area contributed by atoms with Crippen LogP contribution in [0.1, 0.15) is 30.4 Å². The van der Waals surface area contributed by atoms with Crippen molar-refractivity contribution in [2.24, 2.45) is 5.73 Å². The predicted molar refractivity (Wildman–Crippen MR) is 100 cm³/mol. The third-order valence-corrected chi connectivity index (χ3v) is 4.68. The topological polar surface area (TPSA) is 114 Å². The highest BCUT2D eigenvalue weighted by Crippen LogP contribution is 2.35. The third kappa shape index (κ3) is 6.09. The van der Waals surface area contributed by atoms with E-state index in [1.807, 2.05) is 0 Å². The first-order chi connectivity index (χ1) is 14.7. The van der Waals surface area contributed by atoms with Gasteiger partial charge in [0.15, 0.2) is 5.69 Å². The molecule has 1 aromatic carbocycles. The standard InChI is InChI=1S/C19H21F4N5O3/c20-11-2-1-3-13(6-11)31-17-8-15(19(21,22)23)26-18(27-17)14-7-12(29)4-5-28(14)10-25-16(30)9-24/h1-3,6,8,12,14,29H,4-5,7,9-10,24H2,(H,25,30). The Morgan fingerprint density at radius 2 is 2.10 bits per heavy atom. The van der Waals surface area contributed by atoms with E-state index in [0.29, 0.717) is 12.5 Å². The molecule has 2 unspecified atom stereocenters. The molecular weight excluding hydrogens is 422 g/mol. The van der Waals surface area contributed by atoms with Crippen LogP contribution in [0, 0.1) is 5.82 Å². The smallest absolute Gasteiger partial charge is 0.433 e. The number of carbonyl (C=O) groups excluding carboxylic acids is 1. The number of rotatable bonds is 6. The summed E-state index contributed by atoms with van der Waals surface area (Å²) in [5.74, 6) is -1.76. The van der Waals surface area contributed by atoms with Crippen molar-refractivity contribution in [1.82, 2.24) is 20.2 Å². The van der Waals surface area contributed by atoms with Crippen LogP contribution in [-0.4, -0.2) is 51.7 Å². The molecule has 2 aromatic rings. The van der Waals surface area contributed by atoms with Gasteiger partial charge in [-0.15, -0.1) is 0 Å². The van der Waals surface area contributed by atoms with E-state index in [-0.39, 0.29) is 37.8 Å². The van der Waals surface area contributed by atoms with Crippen molar-refractivity contribution >= 4 is 5.91 Å². The van der Waals surface area contributed by atoms with E-state index >= 15 is 0 Å². The van der Waals surface area contributed by atoms with Crippen LogP contribution < -0.4 is 15.8 Å². The minimum atomic E-state index is -4.79. The number of nitrogens with zero attached hydrogens (tertiary/aromatic N) is 3. The van der Waals surface area contributed by atoms with Crippen LogP contribution in [0.5, 0.6) is 11.6 Å². The molecule has 2 heterocycles. The molecule has 31 heavy (non-hydrogen) atoms. The number of carbonyl (C=O) groups is 1. The van der Waals surface area contributed by atoms with Gasteiger partial charge < -0.3 is 20.9 Å². The molecule has 1 aliphatic heterocycles. The summed E-state index contributed by atoms with van der Waals surface area (Å²) in [6.07, 6.45) is -5.15. The zero-order chi connectivity index (χ0) is 22.6. The Morgan fingerprint density at radius 3 is 2.77 bits per heavy atom. The number of alkyl halides is 3. The van der Waals surface area contributed by atoms with Crippen LogP contribution in [0.25, 0.3) is 0 Å². The molecular formula is C19H21F4N5O3. The Kier molecular flexibility index (Phi) is 7.03. The van der Waals surface area contributed by atoms with E-state index in [1.54, 1.807) is 4.90 Å². The van der Waals surface area contributed by atoms with Crippen LogP contribution in [0.4, 0.5) is 17.6 Å². The van der Waals surface area contributed by atoms with Crippen molar-refractivity contribution < 1.29 is 32.2 Å². The van der Waals surface area contributed by atoms with Gasteiger partial charge in [-0.05, 0) is 25.0 Å². The largest absolute Gasteiger partial charge is 0.439 e. The summed E-state index contributed by atoms with van der Waals surface area (Å²) in [6, 6.07) is 4.69. The average molecular weight is 443 g/mol. The van der Waals surface area contributed by atoms with Gasteiger partial charge in [-0.25, -0.2) is 9.37 Å². The van der Waals surface area contributed by atoms with Gasteiger partial charge in [0, 0.05) is 18.7 Å². The minimum Gasteiger partial charge on any atom is -0.439 e. The fourth-order valence-corrected chi connectivity index (χ4v) is 3.16. The number of halogens is 4. The quantitative estimate of drug-likeness (QED) is 0.585. The summed E-state index contributed by atoms with van der Waals surface area (Å²) >= 11 is 0. The zero-order valence-electron chi connectivity index (χ0n) is 16.3. The van der Waals surface area contributed by atoms with E-state index in [9.17, 15) is 27.5 Å². The molecule has 1 aromatic heterocycles. The molecule has 0 aliphatic carbocycles. The molecule has 12 heteroatoms. The van der Waals surface area contributed by atoms with Crippen molar-refractivity contribution in [2.75, 3.05) is 19.8 Å². The fourth-order valence-electron chi connectivity index (χ4n) is 3.16. The van der Waals surface area contributed by atoms with Gasteiger partial charge in [0.2, 0.25) is 11.8 Å². The number of amides is 1. The highest BCUT2D eigenvalue weighted by atomic mass is 19.4. The molecule has 8 nitrogen and oxygen atoms in total. The van der Waals surface area contributed by atoms with Crippen LogP contribution in [0.2, 0.25) is 0 Å². The highest BCUT2D eigenvalue weighted by molar-refractivity contribution is 5.77. The van der Waals surface area contributed by atoms with Gasteiger partial charge in [0.25, 0.3) is 0 Å². The molecule has 2 atom stereocenters. The summed E-state index contributed by atoms with van der Waals surface area (Å²) in [5, 5.41) is 12.6. The fraction of sp³-hybridized carbons (Fsp3) is 0.421. The number of nitrogens with one attached hydrogen (secondary N) is 1. The molecule has 168 valence electrons. The summed E-state index contributed by atoms with van der Waals surface area (Å²) in [4.78, 5) is 20.9. The molecule has 4 N–H and O–H groups in total. The van der Waals surface area contributed by atoms with E-state index in [0.717, 1.165) is 12.1 Å². The number of aliphatic hydroxyl groups is 1. The van der Waals surface area contributed by atoms with Crippen molar-refractivity contribution in [3.63, 3.8) is 0 Å². The van der Waals surface area contributed by atoms with Crippen LogP contribution in [0.15, 0.2) is 30.3 Å². The monoisotopic (exact) mass is 443 g/mol. The van der Waals surface area contributed by atoms with Crippen LogP contribution in [-0.2, 0) is 11.0 Å². The lowest BCUT2D eigenvalue weighted by atomic mass is 9.99. The number of ether oxygens (including phenoxy) is 1. The lowest BCUT2D eigenvalue weighted by molar-refractivity contribution is -0.141. The number of hydrogen-bond acceptors (Lipinski definition) is 7. The van der Waals surface area contributed by atoms with Gasteiger partial charge in [0.1, 0.15) is 17.4 Å². The average Bonchev–Trinajstić information content (AvgIpc) is 2.71. The van der Waals surface area contributed by atoms with E-state index in [2.05, 4.69) is 15.3 Å². The zero-order valence-corrected chi connectivity index (χ0v) is 16.3. The maximum atomic E-state index is 13.5. The Labute approximate surface area is 175 Å². The molecule has 1 saturated heterocycles. The number of aromatic nitrogens is 2. The first-order valence-electron chi connectivity index (χ1n) is 9.44. The van der Waals surface area contributed by atoms with Crippen molar-refractivity contribution in [2.45, 2.75) is 31.2 Å². The van der Waals surface area contributed by atoms with Gasteiger partial charge in [-0.2, -0.15) is 18.2 Å². The molecule has 0 saturated carbocycles. The molecule has 1 amide bonds. The van der Waals surface area contributed by atoms with E-state index in [1.165, 1.54) is 12.1 Å². The maximum absolute atomic E-state index is 13.5. The number of likely N-dealkylation sites (tertiary alicyclic amines) is 1. The summed E-state index contributed by atoms with van der Waals surface area (Å²) in [6.45, 7) is 0.0380. The summed E-state index contributed by atoms with van der Waals surface area (Å²) < 4.78 is 59.1. The molecule has 1 fully saturated rings. The second-order valence-corrected chi connectivity index (χ2v) is 6.98. The number of benzene rings is 1. The van der Waals surface area contributed by atoms with Gasteiger partial charge >= 0.3 is 6.18 Å². The Morgan fingerprint density at radius 1 is 1.32 bits per heavy atom. The lowest BCUT2D eigenvalue weighted by Crippen LogP contribution is -2.46. The Bertz CT molecular complexity index is 928. The Balaban J connectivity index is 1.95.